The monoisotopic (exact) mass is 430 g/mol. The van der Waals surface area contributed by atoms with Crippen molar-refractivity contribution in [2.24, 2.45) is 0 Å². The van der Waals surface area contributed by atoms with Crippen molar-refractivity contribution >= 4 is 44.5 Å². The number of pyridine rings is 1. The second-order valence-electron chi connectivity index (χ2n) is 6.43. The number of likely N-dealkylation sites (N-methyl/N-ethyl adjacent to an activating group) is 1. The highest BCUT2D eigenvalue weighted by Gasteiger charge is 2.22. The fourth-order valence-electron chi connectivity index (χ4n) is 2.84. The lowest BCUT2D eigenvalue weighted by Gasteiger charge is -2.18. The molecule has 0 saturated heterocycles. The summed E-state index contributed by atoms with van der Waals surface area (Å²) in [7, 11) is 1.58. The maximum absolute atomic E-state index is 12.9. The number of fused-ring (bicyclic) bond motifs is 1. The summed E-state index contributed by atoms with van der Waals surface area (Å²) in [4.78, 5) is 30.9. The van der Waals surface area contributed by atoms with E-state index >= 15 is 0 Å². The number of amides is 2. The van der Waals surface area contributed by atoms with Crippen molar-refractivity contribution in [3.63, 3.8) is 0 Å². The molecule has 1 N–H and O–H groups in total. The van der Waals surface area contributed by atoms with Crippen molar-refractivity contribution < 1.29 is 14.1 Å². The van der Waals surface area contributed by atoms with Crippen LogP contribution in [0.15, 0.2) is 33.3 Å². The number of halogens is 1. The first-order valence-corrected chi connectivity index (χ1v) is 9.10. The van der Waals surface area contributed by atoms with Crippen LogP contribution < -0.4 is 5.32 Å². The number of aryl methyl sites for hydroxylation is 3. The Morgan fingerprint density at radius 1 is 1.22 bits per heavy atom. The average molecular weight is 431 g/mol. The zero-order chi connectivity index (χ0) is 19.7. The maximum Gasteiger partial charge on any atom is 0.258 e. The molecule has 0 fully saturated rings. The zero-order valence-corrected chi connectivity index (χ0v) is 17.0. The molecule has 0 aliphatic carbocycles. The lowest BCUT2D eigenvalue weighted by atomic mass is 10.1. The molecule has 0 atom stereocenters. The number of nitrogens with zero attached hydrogens (tertiary/aromatic N) is 3. The van der Waals surface area contributed by atoms with Gasteiger partial charge in [0.15, 0.2) is 0 Å². The fourth-order valence-corrected chi connectivity index (χ4v) is 3.31. The van der Waals surface area contributed by atoms with Crippen LogP contribution in [0.25, 0.3) is 11.1 Å². The number of anilines is 1. The van der Waals surface area contributed by atoms with Crippen LogP contribution in [0, 0.1) is 20.8 Å². The summed E-state index contributed by atoms with van der Waals surface area (Å²) in [5, 5.41) is 7.29. The van der Waals surface area contributed by atoms with E-state index in [9.17, 15) is 9.59 Å². The highest BCUT2D eigenvalue weighted by molar-refractivity contribution is 9.10. The molecular weight excluding hydrogens is 412 g/mol. The molecule has 0 saturated carbocycles. The predicted molar refractivity (Wildman–Crippen MR) is 106 cm³/mol. The summed E-state index contributed by atoms with van der Waals surface area (Å²) in [5.41, 5.74) is 3.61. The highest BCUT2D eigenvalue weighted by atomic mass is 79.9. The Balaban J connectivity index is 1.78. The molecule has 0 radical (unpaired) electrons. The minimum Gasteiger partial charge on any atom is -0.336 e. The third-order valence-corrected chi connectivity index (χ3v) is 4.66. The molecule has 3 rings (SSSR count). The normalized spacial score (nSPS) is 10.9. The number of hydrogen-bond acceptors (Lipinski definition) is 5. The van der Waals surface area contributed by atoms with E-state index in [1.54, 1.807) is 27.0 Å². The molecule has 140 valence electrons. The third kappa shape index (κ3) is 4.00. The van der Waals surface area contributed by atoms with Crippen LogP contribution in [0.1, 0.15) is 27.3 Å². The minimum absolute atomic E-state index is 0.0818. The summed E-state index contributed by atoms with van der Waals surface area (Å²) < 4.78 is 6.10. The van der Waals surface area contributed by atoms with Gasteiger partial charge in [-0.15, -0.1) is 0 Å². The molecule has 27 heavy (non-hydrogen) atoms. The van der Waals surface area contributed by atoms with Crippen molar-refractivity contribution in [2.45, 2.75) is 20.8 Å². The molecule has 0 bridgehead atoms. The Morgan fingerprint density at radius 3 is 2.67 bits per heavy atom. The van der Waals surface area contributed by atoms with Crippen LogP contribution in [-0.4, -0.2) is 40.4 Å². The molecule has 2 heterocycles. The second-order valence-corrected chi connectivity index (χ2v) is 7.34. The van der Waals surface area contributed by atoms with Crippen LogP contribution in [0.3, 0.4) is 0 Å². The number of benzene rings is 1. The van der Waals surface area contributed by atoms with Gasteiger partial charge in [0.05, 0.1) is 23.2 Å². The summed E-state index contributed by atoms with van der Waals surface area (Å²) in [6.07, 6.45) is 0. The van der Waals surface area contributed by atoms with E-state index < -0.39 is 0 Å². The minimum atomic E-state index is -0.292. The second kappa shape index (κ2) is 7.48. The number of aromatic nitrogens is 2. The van der Waals surface area contributed by atoms with Gasteiger partial charge in [0.2, 0.25) is 5.91 Å². The molecule has 0 unspecified atom stereocenters. The van der Waals surface area contributed by atoms with Gasteiger partial charge in [-0.25, -0.2) is 4.98 Å². The lowest BCUT2D eigenvalue weighted by molar-refractivity contribution is -0.116. The van der Waals surface area contributed by atoms with Gasteiger partial charge in [0.25, 0.3) is 11.6 Å². The number of carbonyl (C=O) groups excluding carboxylic acids is 2. The van der Waals surface area contributed by atoms with Gasteiger partial charge < -0.3 is 14.7 Å². The van der Waals surface area contributed by atoms with Crippen LogP contribution in [0.2, 0.25) is 0 Å². The standard InChI is InChI=1S/C19H19BrN4O3/c1-10-7-13(20)5-6-15(10)22-16(25)9-24(4)19(26)14-8-11(2)21-18-17(14)12(3)23-27-18/h5-8H,9H2,1-4H3,(H,22,25). The molecule has 0 spiro atoms. The maximum atomic E-state index is 12.9. The largest absolute Gasteiger partial charge is 0.336 e. The molecule has 7 nitrogen and oxygen atoms in total. The van der Waals surface area contributed by atoms with Crippen molar-refractivity contribution in [3.8, 4) is 0 Å². The van der Waals surface area contributed by atoms with Gasteiger partial charge >= 0.3 is 0 Å². The molecule has 0 aliphatic rings. The van der Waals surface area contributed by atoms with Gasteiger partial charge in [-0.1, -0.05) is 21.1 Å². The first-order valence-electron chi connectivity index (χ1n) is 8.31. The first-order chi connectivity index (χ1) is 12.8. The zero-order valence-electron chi connectivity index (χ0n) is 15.5. The van der Waals surface area contributed by atoms with Crippen molar-refractivity contribution in [1.29, 1.82) is 0 Å². The van der Waals surface area contributed by atoms with E-state index in [2.05, 4.69) is 31.4 Å². The summed E-state index contributed by atoms with van der Waals surface area (Å²) >= 11 is 3.39. The summed E-state index contributed by atoms with van der Waals surface area (Å²) in [5.74, 6) is -0.570. The van der Waals surface area contributed by atoms with Gasteiger partial charge in [0.1, 0.15) is 0 Å². The van der Waals surface area contributed by atoms with Gasteiger partial charge in [-0.05, 0) is 50.6 Å². The molecular formula is C19H19BrN4O3. The van der Waals surface area contributed by atoms with E-state index in [-0.39, 0.29) is 18.4 Å². The van der Waals surface area contributed by atoms with E-state index in [0.29, 0.717) is 33.7 Å². The summed E-state index contributed by atoms with van der Waals surface area (Å²) in [6, 6.07) is 7.26. The fraction of sp³-hybridized carbons (Fsp3) is 0.263. The Morgan fingerprint density at radius 2 is 1.96 bits per heavy atom. The molecule has 0 aliphatic heterocycles. The van der Waals surface area contributed by atoms with Crippen molar-refractivity contribution in [2.75, 3.05) is 18.9 Å². The van der Waals surface area contributed by atoms with Crippen LogP contribution in [0.5, 0.6) is 0 Å². The van der Waals surface area contributed by atoms with Gasteiger partial charge in [-0.3, -0.25) is 9.59 Å². The van der Waals surface area contributed by atoms with Gasteiger partial charge in [0, 0.05) is 22.9 Å². The number of carbonyl (C=O) groups is 2. The Kier molecular flexibility index (Phi) is 5.27. The van der Waals surface area contributed by atoms with E-state index in [1.165, 1.54) is 4.90 Å². The lowest BCUT2D eigenvalue weighted by Crippen LogP contribution is -2.35. The molecule has 1 aromatic carbocycles. The third-order valence-electron chi connectivity index (χ3n) is 4.17. The molecule has 2 aromatic heterocycles. The molecule has 2 amide bonds. The van der Waals surface area contributed by atoms with Gasteiger partial charge in [-0.2, -0.15) is 0 Å². The van der Waals surface area contributed by atoms with Crippen molar-refractivity contribution in [3.05, 3.63) is 51.3 Å². The van der Waals surface area contributed by atoms with Crippen LogP contribution in [0.4, 0.5) is 5.69 Å². The topological polar surface area (TPSA) is 88.3 Å². The van der Waals surface area contributed by atoms with E-state index in [1.807, 2.05) is 25.1 Å². The number of hydrogen-bond donors (Lipinski definition) is 1. The smallest absolute Gasteiger partial charge is 0.258 e. The van der Waals surface area contributed by atoms with Crippen molar-refractivity contribution in [1.82, 2.24) is 15.0 Å². The van der Waals surface area contributed by atoms with E-state index in [0.717, 1.165) is 10.0 Å². The average Bonchev–Trinajstić information content (AvgIpc) is 2.96. The Labute approximate surface area is 164 Å². The molecule has 8 heteroatoms. The van der Waals surface area contributed by atoms with Crippen LogP contribution in [-0.2, 0) is 4.79 Å². The number of nitrogens with one attached hydrogen (secondary N) is 1. The SMILES string of the molecule is Cc1cc(C(=O)N(C)CC(=O)Nc2ccc(Br)cc2C)c2c(C)noc2n1. The van der Waals surface area contributed by atoms with Crippen LogP contribution >= 0.6 is 15.9 Å². The van der Waals surface area contributed by atoms with E-state index in [4.69, 9.17) is 4.52 Å². The Bertz CT molecular complexity index is 1040. The summed E-state index contributed by atoms with van der Waals surface area (Å²) in [6.45, 7) is 5.35. The molecule has 3 aromatic rings. The first kappa shape index (κ1) is 19.0. The predicted octanol–water partition coefficient (Wildman–Crippen LogP) is 3.62. The highest BCUT2D eigenvalue weighted by Crippen LogP contribution is 2.23. The Hall–Kier alpha value is -2.74. The quantitative estimate of drug-likeness (QED) is 0.682. The number of rotatable bonds is 4.